The molecule has 1 aromatic rings. The number of rotatable bonds is 5. The second kappa shape index (κ2) is 6.68. The number of benzene rings is 1. The Morgan fingerprint density at radius 1 is 1.53 bits per heavy atom. The van der Waals surface area contributed by atoms with E-state index in [1.165, 1.54) is 12.1 Å². The Morgan fingerprint density at radius 2 is 2.24 bits per heavy atom. The van der Waals surface area contributed by atoms with Crippen molar-refractivity contribution in [1.29, 1.82) is 0 Å². The molecule has 17 heavy (non-hydrogen) atoms. The Morgan fingerprint density at radius 3 is 2.88 bits per heavy atom. The molecule has 1 atom stereocenters. The molecule has 0 bridgehead atoms. The van der Waals surface area contributed by atoms with Gasteiger partial charge in [0.05, 0.1) is 12.3 Å². The van der Waals surface area contributed by atoms with Crippen LogP contribution in [0.15, 0.2) is 18.2 Å². The van der Waals surface area contributed by atoms with Gasteiger partial charge in [-0.1, -0.05) is 11.6 Å². The van der Waals surface area contributed by atoms with E-state index in [9.17, 15) is 13.4 Å². The number of carbonyl (C=O) groups is 1. The zero-order valence-electron chi connectivity index (χ0n) is 8.78. The second-order valence-electron chi connectivity index (χ2n) is 3.18. The van der Waals surface area contributed by atoms with Crippen LogP contribution in [0.2, 0.25) is 5.02 Å². The normalized spacial score (nSPS) is 12.2. The summed E-state index contributed by atoms with van der Waals surface area (Å²) in [6, 6.07) is 3.75. The van der Waals surface area contributed by atoms with Crippen molar-refractivity contribution in [2.75, 3.05) is 23.4 Å². The van der Waals surface area contributed by atoms with Crippen LogP contribution in [0.1, 0.15) is 0 Å². The highest BCUT2D eigenvalue weighted by Gasteiger charge is 2.10. The minimum atomic E-state index is -1.45. The van der Waals surface area contributed by atoms with Gasteiger partial charge in [-0.25, -0.2) is 4.39 Å². The molecule has 0 unspecified atom stereocenters. The molecule has 0 saturated heterocycles. The molecule has 7 heteroatoms. The molecule has 0 fully saturated rings. The molecular weight excluding hydrogens is 269 g/mol. The molecular formula is C10H11ClFNO3S. The molecule has 0 aliphatic rings. The van der Waals surface area contributed by atoms with E-state index in [-0.39, 0.29) is 28.8 Å². The Labute approximate surface area is 105 Å². The number of aliphatic hydroxyl groups is 1. The first-order chi connectivity index (χ1) is 8.02. The van der Waals surface area contributed by atoms with Crippen LogP contribution in [-0.2, 0) is 15.6 Å². The van der Waals surface area contributed by atoms with Gasteiger partial charge < -0.3 is 10.4 Å². The molecule has 2 N–H and O–H groups in total. The lowest BCUT2D eigenvalue weighted by atomic mass is 10.3. The van der Waals surface area contributed by atoms with Crippen LogP contribution < -0.4 is 5.32 Å². The highest BCUT2D eigenvalue weighted by atomic mass is 35.5. The maximum absolute atomic E-state index is 13.2. The number of hydrogen-bond acceptors (Lipinski definition) is 3. The topological polar surface area (TPSA) is 66.4 Å². The molecule has 1 amide bonds. The molecule has 0 saturated carbocycles. The Kier molecular flexibility index (Phi) is 5.54. The first-order valence-electron chi connectivity index (χ1n) is 4.73. The smallest absolute Gasteiger partial charge is 0.237 e. The summed E-state index contributed by atoms with van der Waals surface area (Å²) in [5.41, 5.74) is -0.0523. The maximum Gasteiger partial charge on any atom is 0.237 e. The number of hydrogen-bond donors (Lipinski definition) is 2. The van der Waals surface area contributed by atoms with Crippen molar-refractivity contribution in [3.05, 3.63) is 29.0 Å². The number of halogens is 2. The molecule has 0 aliphatic heterocycles. The van der Waals surface area contributed by atoms with Gasteiger partial charge in [-0.05, 0) is 18.2 Å². The van der Waals surface area contributed by atoms with Gasteiger partial charge in [0, 0.05) is 21.6 Å². The molecule has 4 nitrogen and oxygen atoms in total. The van der Waals surface area contributed by atoms with Crippen molar-refractivity contribution in [1.82, 2.24) is 0 Å². The Hall–Kier alpha value is -0.980. The molecule has 0 aliphatic carbocycles. The van der Waals surface area contributed by atoms with E-state index < -0.39 is 22.5 Å². The summed E-state index contributed by atoms with van der Waals surface area (Å²) in [5.74, 6) is -1.47. The predicted molar refractivity (Wildman–Crippen MR) is 65.0 cm³/mol. The first kappa shape index (κ1) is 14.1. The lowest BCUT2D eigenvalue weighted by Gasteiger charge is -2.06. The minimum absolute atomic E-state index is 0.0193. The van der Waals surface area contributed by atoms with Gasteiger partial charge in [0.2, 0.25) is 5.91 Å². The van der Waals surface area contributed by atoms with Gasteiger partial charge in [0.15, 0.2) is 0 Å². The van der Waals surface area contributed by atoms with Crippen LogP contribution >= 0.6 is 11.6 Å². The van der Waals surface area contributed by atoms with Crippen LogP contribution in [0.5, 0.6) is 0 Å². The number of nitrogens with one attached hydrogen (secondary N) is 1. The van der Waals surface area contributed by atoms with E-state index in [4.69, 9.17) is 16.7 Å². The van der Waals surface area contributed by atoms with Crippen LogP contribution in [0.4, 0.5) is 10.1 Å². The number of amides is 1. The molecule has 0 heterocycles. The van der Waals surface area contributed by atoms with Crippen LogP contribution in [0, 0.1) is 5.82 Å². The number of anilines is 1. The van der Waals surface area contributed by atoms with E-state index in [0.717, 1.165) is 6.07 Å². The zero-order chi connectivity index (χ0) is 12.8. The summed E-state index contributed by atoms with van der Waals surface area (Å²) < 4.78 is 24.4. The summed E-state index contributed by atoms with van der Waals surface area (Å²) >= 11 is 5.64. The fourth-order valence-electron chi connectivity index (χ4n) is 1.10. The Bertz CT molecular complexity index is 442. The lowest BCUT2D eigenvalue weighted by Crippen LogP contribution is -2.22. The third-order valence-corrected chi connectivity index (χ3v) is 3.27. The second-order valence-corrected chi connectivity index (χ2v) is 5.20. The monoisotopic (exact) mass is 279 g/mol. The summed E-state index contributed by atoms with van der Waals surface area (Å²) in [4.78, 5) is 11.4. The van der Waals surface area contributed by atoms with Gasteiger partial charge >= 0.3 is 0 Å². The SMILES string of the molecule is O=C(C[S@](=O)CCO)Nc1cc(Cl)ccc1F. The van der Waals surface area contributed by atoms with Crippen LogP contribution in [0.25, 0.3) is 0 Å². The molecule has 1 rings (SSSR count). The van der Waals surface area contributed by atoms with E-state index in [1.807, 2.05) is 0 Å². The third kappa shape index (κ3) is 4.80. The van der Waals surface area contributed by atoms with Crippen LogP contribution in [-0.4, -0.2) is 33.3 Å². The number of carbonyl (C=O) groups excluding carboxylic acids is 1. The molecule has 0 aromatic heterocycles. The van der Waals surface area contributed by atoms with Crippen molar-refractivity contribution in [2.24, 2.45) is 0 Å². The molecule has 0 spiro atoms. The fraction of sp³-hybridized carbons (Fsp3) is 0.300. The molecule has 1 aromatic carbocycles. The standard InChI is InChI=1S/C10H11ClFNO3S/c11-7-1-2-8(12)9(5-7)13-10(15)6-17(16)4-3-14/h1-2,5,14H,3-4,6H2,(H,13,15)/t17-/m1/s1. The fourth-order valence-corrected chi connectivity index (χ4v) is 1.98. The Balaban J connectivity index is 2.62. The van der Waals surface area contributed by atoms with Crippen LogP contribution in [0.3, 0.4) is 0 Å². The van der Waals surface area contributed by atoms with Crippen molar-refractivity contribution >= 4 is 34.0 Å². The molecule has 0 radical (unpaired) electrons. The highest BCUT2D eigenvalue weighted by Crippen LogP contribution is 2.19. The van der Waals surface area contributed by atoms with Gasteiger partial charge in [-0.2, -0.15) is 0 Å². The van der Waals surface area contributed by atoms with Crippen molar-refractivity contribution < 1.29 is 18.5 Å². The third-order valence-electron chi connectivity index (χ3n) is 1.81. The highest BCUT2D eigenvalue weighted by molar-refractivity contribution is 7.85. The van der Waals surface area contributed by atoms with Gasteiger partial charge in [0.1, 0.15) is 11.6 Å². The minimum Gasteiger partial charge on any atom is -0.395 e. The lowest BCUT2D eigenvalue weighted by molar-refractivity contribution is -0.113. The summed E-state index contributed by atoms with van der Waals surface area (Å²) in [5, 5.41) is 11.1. The maximum atomic E-state index is 13.2. The average molecular weight is 280 g/mol. The number of aliphatic hydroxyl groups excluding tert-OH is 1. The summed E-state index contributed by atoms with van der Waals surface area (Å²) in [6.07, 6.45) is 0. The molecule has 94 valence electrons. The summed E-state index contributed by atoms with van der Waals surface area (Å²) in [7, 11) is -1.45. The summed E-state index contributed by atoms with van der Waals surface area (Å²) in [6.45, 7) is -0.259. The van der Waals surface area contributed by atoms with Gasteiger partial charge in [-0.3, -0.25) is 9.00 Å². The quantitative estimate of drug-likeness (QED) is 0.850. The van der Waals surface area contributed by atoms with E-state index in [0.29, 0.717) is 0 Å². The van der Waals surface area contributed by atoms with Gasteiger partial charge in [0.25, 0.3) is 0 Å². The predicted octanol–water partition coefficient (Wildman–Crippen LogP) is 1.16. The van der Waals surface area contributed by atoms with E-state index in [1.54, 1.807) is 0 Å². The van der Waals surface area contributed by atoms with Crippen molar-refractivity contribution in [3.63, 3.8) is 0 Å². The van der Waals surface area contributed by atoms with E-state index >= 15 is 0 Å². The first-order valence-corrected chi connectivity index (χ1v) is 6.60. The van der Waals surface area contributed by atoms with Gasteiger partial charge in [-0.15, -0.1) is 0 Å². The van der Waals surface area contributed by atoms with E-state index in [2.05, 4.69) is 5.32 Å². The van der Waals surface area contributed by atoms with Crippen molar-refractivity contribution in [2.45, 2.75) is 0 Å². The zero-order valence-corrected chi connectivity index (χ0v) is 10.4. The largest absolute Gasteiger partial charge is 0.395 e. The average Bonchev–Trinajstić information content (AvgIpc) is 2.23. The van der Waals surface area contributed by atoms with Crippen molar-refractivity contribution in [3.8, 4) is 0 Å².